The molecule has 0 radical (unpaired) electrons. The van der Waals surface area contributed by atoms with Gasteiger partial charge in [-0.25, -0.2) is 17.6 Å². The van der Waals surface area contributed by atoms with E-state index in [1.165, 1.54) is 19.6 Å². The van der Waals surface area contributed by atoms with Crippen molar-refractivity contribution < 1.29 is 27.1 Å². The van der Waals surface area contributed by atoms with Gasteiger partial charge in [0.05, 0.1) is 17.5 Å². The number of nitrogens with zero attached hydrogens (tertiary/aromatic N) is 5. The van der Waals surface area contributed by atoms with Crippen LogP contribution < -0.4 is 10.2 Å². The summed E-state index contributed by atoms with van der Waals surface area (Å²) in [5.74, 6) is 0.718. The first-order valence-corrected chi connectivity index (χ1v) is 22.0. The highest BCUT2D eigenvalue weighted by atomic mass is 32.2. The Bertz CT molecular complexity index is 1820. The minimum absolute atomic E-state index is 0.0177. The zero-order valence-corrected chi connectivity index (χ0v) is 33.0. The van der Waals surface area contributed by atoms with Crippen molar-refractivity contribution in [2.24, 2.45) is 17.8 Å². The van der Waals surface area contributed by atoms with Crippen LogP contribution in [0.1, 0.15) is 50.5 Å². The molecule has 2 aromatic carbocycles. The van der Waals surface area contributed by atoms with Crippen molar-refractivity contribution in [1.82, 2.24) is 24.9 Å². The van der Waals surface area contributed by atoms with E-state index >= 15 is 0 Å². The molecule has 1 aliphatic carbocycles. The number of likely N-dealkylation sites (tertiary alicyclic amines) is 4. The first kappa shape index (κ1) is 38.4. The number of nitrogens with one attached hydrogen (secondary N) is 1. The predicted molar refractivity (Wildman–Crippen MR) is 210 cm³/mol. The second-order valence-electron chi connectivity index (χ2n) is 16.8. The summed E-state index contributed by atoms with van der Waals surface area (Å²) < 4.78 is 46.7. The lowest BCUT2D eigenvalue weighted by atomic mass is 9.62. The van der Waals surface area contributed by atoms with Crippen molar-refractivity contribution in [3.8, 4) is 0 Å². The van der Waals surface area contributed by atoms with Crippen molar-refractivity contribution >= 4 is 27.5 Å². The standard InChI is InChI=1S/C42H57FN6O5S/c1-54-41(51)44-39-10-3-9-38(39)42(49-21-6-22-49,33-7-2-8-34(43)25-33)32-16-23-46(24-17-32)26-31-27-47(28-31)35-12-14-36(15-13-35)55(52,53)37-29-48(30-37)40(50)11-4-18-45-19-5-20-45/h2,4,7-8,11-15,25,31-32,37-39H,3,5-6,9-10,16-24,26-30H2,1H3,(H,44,51)/b11-4+/t38-,39-,42+/m0/s1. The highest BCUT2D eigenvalue weighted by Gasteiger charge is 2.56. The third-order valence-electron chi connectivity index (χ3n) is 13.6. The number of hydrogen-bond donors (Lipinski definition) is 1. The molecule has 3 atom stereocenters. The molecule has 0 spiro atoms. The van der Waals surface area contributed by atoms with Crippen LogP contribution in [0.2, 0.25) is 0 Å². The molecule has 2 aromatic rings. The number of benzene rings is 2. The van der Waals surface area contributed by atoms with E-state index in [-0.39, 0.29) is 42.3 Å². The zero-order valence-electron chi connectivity index (χ0n) is 32.2. The molecule has 13 heteroatoms. The molecular weight excluding hydrogens is 720 g/mol. The summed E-state index contributed by atoms with van der Waals surface area (Å²) in [5.41, 5.74) is 1.74. The van der Waals surface area contributed by atoms with Gasteiger partial charge in [0.2, 0.25) is 5.91 Å². The van der Waals surface area contributed by atoms with Crippen molar-refractivity contribution in [2.45, 2.75) is 66.7 Å². The fraction of sp³-hybridized carbons (Fsp3) is 0.619. The Morgan fingerprint density at radius 2 is 1.62 bits per heavy atom. The van der Waals surface area contributed by atoms with Crippen LogP contribution >= 0.6 is 0 Å². The molecule has 1 saturated carbocycles. The lowest BCUT2D eigenvalue weighted by molar-refractivity contribution is -0.129. The van der Waals surface area contributed by atoms with Gasteiger partial charge in [-0.1, -0.05) is 24.6 Å². The summed E-state index contributed by atoms with van der Waals surface area (Å²) in [6, 6.07) is 14.5. The smallest absolute Gasteiger partial charge is 0.407 e. The third kappa shape index (κ3) is 7.66. The Labute approximate surface area is 325 Å². The molecule has 6 aliphatic rings. The lowest BCUT2D eigenvalue weighted by Gasteiger charge is -2.59. The minimum atomic E-state index is -3.51. The minimum Gasteiger partial charge on any atom is -0.453 e. The van der Waals surface area contributed by atoms with E-state index in [9.17, 15) is 22.4 Å². The van der Waals surface area contributed by atoms with E-state index in [1.54, 1.807) is 29.2 Å². The Morgan fingerprint density at radius 3 is 2.25 bits per heavy atom. The molecule has 0 unspecified atom stereocenters. The fourth-order valence-electron chi connectivity index (χ4n) is 10.4. The van der Waals surface area contributed by atoms with Crippen molar-refractivity contribution in [3.05, 3.63) is 72.1 Å². The highest BCUT2D eigenvalue weighted by molar-refractivity contribution is 7.92. The van der Waals surface area contributed by atoms with Crippen LogP contribution in [0.5, 0.6) is 0 Å². The number of piperidine rings is 1. The Hall–Kier alpha value is -3.52. The molecule has 5 saturated heterocycles. The lowest BCUT2D eigenvalue weighted by Crippen LogP contribution is -2.65. The highest BCUT2D eigenvalue weighted by Crippen LogP contribution is 2.54. The van der Waals surface area contributed by atoms with Gasteiger partial charge in [-0.3, -0.25) is 14.6 Å². The van der Waals surface area contributed by atoms with Crippen LogP contribution in [0.25, 0.3) is 0 Å². The summed E-state index contributed by atoms with van der Waals surface area (Å²) >= 11 is 0. The molecule has 0 aromatic heterocycles. The molecule has 5 aliphatic heterocycles. The number of hydrogen-bond acceptors (Lipinski definition) is 9. The van der Waals surface area contributed by atoms with E-state index in [2.05, 4.69) is 31.0 Å². The molecule has 5 heterocycles. The molecule has 298 valence electrons. The number of alkyl carbamates (subject to hydrolysis) is 1. The van der Waals surface area contributed by atoms with Crippen LogP contribution in [-0.4, -0.2) is 137 Å². The quantitative estimate of drug-likeness (QED) is 0.298. The first-order chi connectivity index (χ1) is 26.6. The van der Waals surface area contributed by atoms with Crippen LogP contribution in [0.4, 0.5) is 14.9 Å². The second-order valence-corrected chi connectivity index (χ2v) is 19.0. The van der Waals surface area contributed by atoms with Gasteiger partial charge < -0.3 is 24.8 Å². The summed E-state index contributed by atoms with van der Waals surface area (Å²) in [4.78, 5) is 36.6. The monoisotopic (exact) mass is 776 g/mol. The average Bonchev–Trinajstić information content (AvgIpc) is 3.56. The number of rotatable bonds is 13. The second kappa shape index (κ2) is 16.1. The van der Waals surface area contributed by atoms with Gasteiger partial charge in [-0.15, -0.1) is 0 Å². The van der Waals surface area contributed by atoms with Crippen molar-refractivity contribution in [1.29, 1.82) is 0 Å². The molecule has 8 rings (SSSR count). The van der Waals surface area contributed by atoms with Gasteiger partial charge in [0.25, 0.3) is 0 Å². The largest absolute Gasteiger partial charge is 0.453 e. The van der Waals surface area contributed by atoms with Gasteiger partial charge in [0.1, 0.15) is 11.1 Å². The zero-order chi connectivity index (χ0) is 38.2. The van der Waals surface area contributed by atoms with Crippen molar-refractivity contribution in [3.63, 3.8) is 0 Å². The van der Waals surface area contributed by atoms with E-state index in [4.69, 9.17) is 4.74 Å². The normalized spacial score (nSPS) is 25.9. The number of sulfone groups is 1. The van der Waals surface area contributed by atoms with Crippen LogP contribution in [0.15, 0.2) is 65.6 Å². The fourth-order valence-corrected chi connectivity index (χ4v) is 12.0. The van der Waals surface area contributed by atoms with Crippen LogP contribution in [0, 0.1) is 23.6 Å². The SMILES string of the molecule is COC(=O)N[C@H]1CCC[C@@H]1[C@](c1cccc(F)c1)(C1CCN(CC2CN(c3ccc(S(=O)(=O)C4CN(C(=O)/C=C/CN5CCC5)C4)cc3)C2)CC1)N1CCC1. The Morgan fingerprint density at radius 1 is 0.891 bits per heavy atom. The van der Waals surface area contributed by atoms with Crippen LogP contribution in [-0.2, 0) is 24.9 Å². The molecule has 2 amide bonds. The van der Waals surface area contributed by atoms with Gasteiger partial charge >= 0.3 is 6.09 Å². The Balaban J connectivity index is 0.849. The van der Waals surface area contributed by atoms with E-state index in [0.717, 1.165) is 115 Å². The number of halogens is 1. The number of ether oxygens (including phenoxy) is 1. The maximum absolute atomic E-state index is 15.0. The van der Waals surface area contributed by atoms with Crippen LogP contribution in [0.3, 0.4) is 0 Å². The number of methoxy groups -OCH3 is 1. The maximum atomic E-state index is 15.0. The van der Waals surface area contributed by atoms with Gasteiger partial charge in [0.15, 0.2) is 9.84 Å². The molecular formula is C42H57FN6O5S. The number of carbonyl (C=O) groups is 2. The third-order valence-corrected chi connectivity index (χ3v) is 15.7. The molecule has 0 bridgehead atoms. The summed E-state index contributed by atoms with van der Waals surface area (Å²) in [7, 11) is -2.09. The predicted octanol–water partition coefficient (Wildman–Crippen LogP) is 4.35. The topological polar surface area (TPSA) is 106 Å². The number of anilines is 1. The summed E-state index contributed by atoms with van der Waals surface area (Å²) in [6.45, 7) is 10.2. The molecule has 6 fully saturated rings. The molecule has 11 nitrogen and oxygen atoms in total. The van der Waals surface area contributed by atoms with E-state index < -0.39 is 21.2 Å². The van der Waals surface area contributed by atoms with E-state index in [1.807, 2.05) is 24.3 Å². The van der Waals surface area contributed by atoms with E-state index in [0.29, 0.717) is 16.7 Å². The molecule has 1 N–H and O–H groups in total. The molecule has 55 heavy (non-hydrogen) atoms. The summed E-state index contributed by atoms with van der Waals surface area (Å²) in [5, 5.41) is 2.61. The number of carbonyl (C=O) groups excluding carboxylic acids is 2. The Kier molecular flexibility index (Phi) is 11.3. The van der Waals surface area contributed by atoms with Gasteiger partial charge in [-0.05, 0) is 113 Å². The average molecular weight is 777 g/mol. The van der Waals surface area contributed by atoms with Crippen molar-refractivity contribution in [2.75, 3.05) is 90.5 Å². The summed E-state index contributed by atoms with van der Waals surface area (Å²) in [6.07, 6.45) is 10.3. The number of amides is 2. The van der Waals surface area contributed by atoms with Gasteiger partial charge in [0, 0.05) is 82.0 Å². The first-order valence-electron chi connectivity index (χ1n) is 20.5. The van der Waals surface area contributed by atoms with Gasteiger partial charge in [-0.2, -0.15) is 0 Å². The maximum Gasteiger partial charge on any atom is 0.407 e.